The Morgan fingerprint density at radius 2 is 1.35 bits per heavy atom. The van der Waals surface area contributed by atoms with Gasteiger partial charge in [-0.15, -0.1) is 0 Å². The van der Waals surface area contributed by atoms with Crippen molar-refractivity contribution in [3.8, 4) is 16.9 Å². The van der Waals surface area contributed by atoms with Gasteiger partial charge in [0.1, 0.15) is 5.82 Å². The van der Waals surface area contributed by atoms with Gasteiger partial charge in [-0.05, 0) is 82.9 Å². The highest BCUT2D eigenvalue weighted by Crippen LogP contribution is 2.56. The van der Waals surface area contributed by atoms with Crippen molar-refractivity contribution < 1.29 is 4.39 Å². The lowest BCUT2D eigenvalue weighted by Gasteiger charge is -2.42. The number of alkyl halides is 1. The molecule has 1 unspecified atom stereocenters. The number of benzene rings is 5. The van der Waals surface area contributed by atoms with Gasteiger partial charge >= 0.3 is 0 Å². The molecule has 0 fully saturated rings. The zero-order valence-electron chi connectivity index (χ0n) is 27.3. The molecule has 5 aromatic carbocycles. The van der Waals surface area contributed by atoms with Crippen molar-refractivity contribution in [2.45, 2.75) is 25.4 Å². The number of hydrogen-bond donors (Lipinski definition) is 0. The van der Waals surface area contributed by atoms with Gasteiger partial charge in [-0.2, -0.15) is 0 Å². The number of nitrogens with zero attached hydrogens (tertiary/aromatic N) is 4. The fourth-order valence-electron chi connectivity index (χ4n) is 7.62. The van der Waals surface area contributed by atoms with Gasteiger partial charge < -0.3 is 4.57 Å². The van der Waals surface area contributed by atoms with Crippen LogP contribution < -0.4 is 4.90 Å². The predicted molar refractivity (Wildman–Crippen MR) is 198 cm³/mol. The van der Waals surface area contributed by atoms with Crippen molar-refractivity contribution in [3.63, 3.8) is 0 Å². The van der Waals surface area contributed by atoms with E-state index in [-0.39, 0.29) is 5.41 Å². The molecule has 0 amide bonds. The third-order valence-corrected chi connectivity index (χ3v) is 9.97. The molecule has 0 radical (unpaired) electrons. The average Bonchev–Trinajstić information content (AvgIpc) is 3.50. The van der Waals surface area contributed by atoms with E-state index >= 15 is 4.39 Å². The molecule has 0 aliphatic carbocycles. The Bertz CT molecular complexity index is 2490. The minimum atomic E-state index is -1.33. The van der Waals surface area contributed by atoms with E-state index < -0.39 is 6.17 Å². The Morgan fingerprint density at radius 3 is 2.14 bits per heavy atom. The van der Waals surface area contributed by atoms with Gasteiger partial charge in [-0.1, -0.05) is 98.8 Å². The van der Waals surface area contributed by atoms with Crippen LogP contribution in [0.25, 0.3) is 38.8 Å². The summed E-state index contributed by atoms with van der Waals surface area (Å²) in [7, 11) is 0. The van der Waals surface area contributed by atoms with Crippen LogP contribution >= 0.6 is 0 Å². The summed E-state index contributed by atoms with van der Waals surface area (Å²) >= 11 is 0. The summed E-state index contributed by atoms with van der Waals surface area (Å²) in [6, 6.07) is 49.1. The summed E-state index contributed by atoms with van der Waals surface area (Å²) in [5.41, 5.74) is 10.2. The summed E-state index contributed by atoms with van der Waals surface area (Å²) in [5.74, 6) is 0.786. The van der Waals surface area contributed by atoms with Crippen LogP contribution in [0.3, 0.4) is 0 Å². The molecule has 8 aromatic rings. The minimum absolute atomic E-state index is 0.372. The molecular weight excluding hydrogens is 604 g/mol. The Labute approximate surface area is 284 Å². The molecule has 49 heavy (non-hydrogen) atoms. The monoisotopic (exact) mass is 636 g/mol. The van der Waals surface area contributed by atoms with Crippen LogP contribution in [-0.2, 0) is 5.41 Å². The fourth-order valence-corrected chi connectivity index (χ4v) is 7.62. The van der Waals surface area contributed by atoms with E-state index in [0.717, 1.165) is 61.5 Å². The van der Waals surface area contributed by atoms with Crippen molar-refractivity contribution in [2.75, 3.05) is 4.90 Å². The van der Waals surface area contributed by atoms with E-state index in [9.17, 15) is 0 Å². The summed E-state index contributed by atoms with van der Waals surface area (Å²) in [5, 5.41) is 2.30. The molecule has 236 valence electrons. The average molecular weight is 637 g/mol. The zero-order valence-corrected chi connectivity index (χ0v) is 27.3. The third-order valence-electron chi connectivity index (χ3n) is 9.97. The summed E-state index contributed by atoms with van der Waals surface area (Å²) in [4.78, 5) is 11.6. The van der Waals surface area contributed by atoms with Crippen molar-refractivity contribution in [3.05, 3.63) is 180 Å². The molecule has 0 N–H and O–H groups in total. The normalized spacial score (nSPS) is 14.1. The molecule has 1 atom stereocenters. The van der Waals surface area contributed by atoms with Crippen LogP contribution in [0.1, 0.15) is 42.3 Å². The first kappa shape index (κ1) is 29.1. The van der Waals surface area contributed by atoms with Gasteiger partial charge in [0.05, 0.1) is 28.1 Å². The Balaban J connectivity index is 1.29. The molecule has 4 nitrogen and oxygen atoms in total. The number of rotatable bonds is 5. The van der Waals surface area contributed by atoms with E-state index in [1.807, 2.05) is 85.1 Å². The van der Waals surface area contributed by atoms with Gasteiger partial charge in [0.25, 0.3) is 0 Å². The Kier molecular flexibility index (Phi) is 6.70. The standard InChI is InChI=1S/C44H33FN4/c1-44(2)34-22-21-31(42(45)30-14-12-13-29(27-30)36-18-8-10-25-46-36)28-39(34)49(40-20-9-11-26-47-40)43-35(44)23-24-38-41(43)33-17-6-7-19-37(33)48(38)32-15-4-3-5-16-32/h3-28,42H,1-2H3. The molecule has 0 saturated heterocycles. The SMILES string of the molecule is CC1(C)c2ccc(C(F)c3cccc(-c4ccccn4)c3)cc2N(c2ccccn2)c2c1ccc1c2c2ccccc2n1-c1ccccc1. The maximum Gasteiger partial charge on any atom is 0.150 e. The van der Waals surface area contributed by atoms with Crippen molar-refractivity contribution >= 4 is 39.0 Å². The molecule has 5 heteroatoms. The molecule has 3 aromatic heterocycles. The molecule has 0 spiro atoms. The summed E-state index contributed by atoms with van der Waals surface area (Å²) in [6.07, 6.45) is 2.25. The first-order valence-electron chi connectivity index (χ1n) is 16.6. The summed E-state index contributed by atoms with van der Waals surface area (Å²) < 4.78 is 19.1. The second-order valence-electron chi connectivity index (χ2n) is 13.2. The van der Waals surface area contributed by atoms with Crippen LogP contribution in [0.5, 0.6) is 0 Å². The van der Waals surface area contributed by atoms with Crippen LogP contribution in [0, 0.1) is 0 Å². The summed E-state index contributed by atoms with van der Waals surface area (Å²) in [6.45, 7) is 4.54. The second kappa shape index (κ2) is 11.3. The van der Waals surface area contributed by atoms with Crippen molar-refractivity contribution in [1.29, 1.82) is 0 Å². The van der Waals surface area contributed by atoms with E-state index in [2.05, 4.69) is 95.0 Å². The van der Waals surface area contributed by atoms with Gasteiger partial charge in [-0.3, -0.25) is 9.88 Å². The molecule has 1 aliphatic heterocycles. The highest BCUT2D eigenvalue weighted by Gasteiger charge is 2.40. The highest BCUT2D eigenvalue weighted by atomic mass is 19.1. The maximum absolute atomic E-state index is 16.7. The highest BCUT2D eigenvalue weighted by molar-refractivity contribution is 6.18. The molecule has 9 rings (SSSR count). The maximum atomic E-state index is 16.7. The number of halogens is 1. The van der Waals surface area contributed by atoms with Crippen molar-refractivity contribution in [2.24, 2.45) is 0 Å². The van der Waals surface area contributed by atoms with Gasteiger partial charge in [0.15, 0.2) is 6.17 Å². The van der Waals surface area contributed by atoms with Crippen LogP contribution in [-0.4, -0.2) is 14.5 Å². The number of fused-ring (bicyclic) bond motifs is 6. The van der Waals surface area contributed by atoms with E-state index in [1.165, 1.54) is 5.56 Å². The van der Waals surface area contributed by atoms with E-state index in [4.69, 9.17) is 4.98 Å². The first-order chi connectivity index (χ1) is 24.0. The molecule has 0 saturated carbocycles. The Morgan fingerprint density at radius 1 is 0.612 bits per heavy atom. The van der Waals surface area contributed by atoms with Crippen LogP contribution in [0.2, 0.25) is 0 Å². The quantitative estimate of drug-likeness (QED) is 0.188. The topological polar surface area (TPSA) is 34.0 Å². The van der Waals surface area contributed by atoms with E-state index in [1.54, 1.807) is 6.20 Å². The number of hydrogen-bond acceptors (Lipinski definition) is 3. The van der Waals surface area contributed by atoms with Crippen LogP contribution in [0.15, 0.2) is 158 Å². The molecule has 0 bridgehead atoms. The minimum Gasteiger partial charge on any atom is -0.309 e. The number of pyridine rings is 2. The third kappa shape index (κ3) is 4.57. The first-order valence-corrected chi connectivity index (χ1v) is 16.6. The predicted octanol–water partition coefficient (Wildman–Crippen LogP) is 11.4. The van der Waals surface area contributed by atoms with Gasteiger partial charge in [-0.25, -0.2) is 9.37 Å². The lowest BCUT2D eigenvalue weighted by atomic mass is 9.72. The van der Waals surface area contributed by atoms with Gasteiger partial charge in [0.2, 0.25) is 0 Å². The lowest BCUT2D eigenvalue weighted by Crippen LogP contribution is -2.31. The number of para-hydroxylation sites is 2. The molecule has 1 aliphatic rings. The molecular formula is C44H33FN4. The fraction of sp³-hybridized carbons (Fsp3) is 0.0909. The van der Waals surface area contributed by atoms with Crippen LogP contribution in [0.4, 0.5) is 21.6 Å². The smallest absolute Gasteiger partial charge is 0.150 e. The molecule has 4 heterocycles. The van der Waals surface area contributed by atoms with Gasteiger partial charge in [0, 0.05) is 39.8 Å². The van der Waals surface area contributed by atoms with E-state index in [0.29, 0.717) is 11.1 Å². The zero-order chi connectivity index (χ0) is 33.1. The Hall–Kier alpha value is -6.07. The number of anilines is 3. The largest absolute Gasteiger partial charge is 0.309 e. The second-order valence-corrected chi connectivity index (χ2v) is 13.2. The van der Waals surface area contributed by atoms with Crippen molar-refractivity contribution in [1.82, 2.24) is 14.5 Å². The number of aromatic nitrogens is 3. The lowest BCUT2D eigenvalue weighted by molar-refractivity contribution is 0.402.